The summed E-state index contributed by atoms with van der Waals surface area (Å²) in [4.78, 5) is 25.9. The molecular weight excluding hydrogens is 424 g/mol. The monoisotopic (exact) mass is 464 g/mol. The molecule has 0 spiro atoms. The number of urea groups is 1. The molecule has 2 aromatic carbocycles. The lowest BCUT2D eigenvalue weighted by atomic mass is 9.93. The Morgan fingerprint density at radius 3 is 2.59 bits per heavy atom. The van der Waals surface area contributed by atoms with Crippen LogP contribution in [0.25, 0.3) is 11.1 Å². The van der Waals surface area contributed by atoms with Crippen molar-refractivity contribution in [3.05, 3.63) is 53.6 Å². The number of hydrogen-bond acceptors (Lipinski definition) is 3. The van der Waals surface area contributed by atoms with E-state index in [-0.39, 0.29) is 12.0 Å². The van der Waals surface area contributed by atoms with Crippen LogP contribution >= 0.6 is 0 Å². The molecule has 1 aliphatic rings. The van der Waals surface area contributed by atoms with Crippen LogP contribution in [-0.4, -0.2) is 32.7 Å². The number of anilines is 1. The van der Waals surface area contributed by atoms with Gasteiger partial charge in [-0.05, 0) is 72.4 Å². The van der Waals surface area contributed by atoms with Crippen LogP contribution in [0.2, 0.25) is 0 Å². The van der Waals surface area contributed by atoms with E-state index in [1.54, 1.807) is 4.90 Å². The molecule has 2 amide bonds. The number of benzene rings is 2. The summed E-state index contributed by atoms with van der Waals surface area (Å²) in [6.07, 6.45) is 10.6. The zero-order valence-corrected chi connectivity index (χ0v) is 21.1. The predicted molar refractivity (Wildman–Crippen MR) is 139 cm³/mol. The van der Waals surface area contributed by atoms with Gasteiger partial charge in [0.25, 0.3) is 0 Å². The third-order valence-corrected chi connectivity index (χ3v) is 6.63. The lowest BCUT2D eigenvalue weighted by Crippen LogP contribution is -2.37. The SMILES string of the molecule is CCCCCCCNC(=O)N(C)c1cccc(-c2ccc(CCC(=O)OC)cc2CC2CC2)c1. The van der Waals surface area contributed by atoms with Crippen molar-refractivity contribution in [1.29, 1.82) is 0 Å². The van der Waals surface area contributed by atoms with Crippen LogP contribution in [0.1, 0.15) is 69.4 Å². The molecule has 0 aliphatic heterocycles. The molecule has 1 saturated carbocycles. The Labute approximate surface area is 204 Å². The maximum Gasteiger partial charge on any atom is 0.321 e. The van der Waals surface area contributed by atoms with Crippen molar-refractivity contribution in [2.75, 3.05) is 25.6 Å². The number of hydrogen-bond donors (Lipinski definition) is 1. The second-order valence-electron chi connectivity index (χ2n) is 9.47. The highest BCUT2D eigenvalue weighted by Gasteiger charge is 2.23. The Balaban J connectivity index is 1.69. The van der Waals surface area contributed by atoms with Gasteiger partial charge in [0.05, 0.1) is 7.11 Å². The Morgan fingerprint density at radius 1 is 1.06 bits per heavy atom. The number of esters is 1. The number of methoxy groups -OCH3 is 1. The average molecular weight is 465 g/mol. The van der Waals surface area contributed by atoms with Gasteiger partial charge in [0.15, 0.2) is 0 Å². The highest BCUT2D eigenvalue weighted by atomic mass is 16.5. The first-order valence-electron chi connectivity index (χ1n) is 12.8. The van der Waals surface area contributed by atoms with Gasteiger partial charge in [0, 0.05) is 25.7 Å². The molecular formula is C29H40N2O3. The van der Waals surface area contributed by atoms with Crippen molar-refractivity contribution in [2.24, 2.45) is 5.92 Å². The van der Waals surface area contributed by atoms with Crippen LogP contribution in [0.3, 0.4) is 0 Å². The van der Waals surface area contributed by atoms with E-state index in [9.17, 15) is 9.59 Å². The van der Waals surface area contributed by atoms with Crippen molar-refractivity contribution >= 4 is 17.7 Å². The van der Waals surface area contributed by atoms with Gasteiger partial charge in [0.2, 0.25) is 0 Å². The number of nitrogens with zero attached hydrogens (tertiary/aromatic N) is 1. The van der Waals surface area contributed by atoms with E-state index in [1.165, 1.54) is 50.3 Å². The second-order valence-corrected chi connectivity index (χ2v) is 9.47. The van der Waals surface area contributed by atoms with Crippen molar-refractivity contribution in [3.63, 3.8) is 0 Å². The molecule has 5 heteroatoms. The lowest BCUT2D eigenvalue weighted by Gasteiger charge is -2.20. The zero-order valence-electron chi connectivity index (χ0n) is 21.1. The van der Waals surface area contributed by atoms with Crippen LogP contribution < -0.4 is 10.2 Å². The van der Waals surface area contributed by atoms with Gasteiger partial charge in [-0.2, -0.15) is 0 Å². The summed E-state index contributed by atoms with van der Waals surface area (Å²) in [5, 5.41) is 3.05. The van der Waals surface area contributed by atoms with Crippen LogP contribution in [0, 0.1) is 5.92 Å². The second kappa shape index (κ2) is 13.2. The minimum Gasteiger partial charge on any atom is -0.469 e. The van der Waals surface area contributed by atoms with Gasteiger partial charge >= 0.3 is 12.0 Å². The summed E-state index contributed by atoms with van der Waals surface area (Å²) in [7, 11) is 3.26. The number of rotatable bonds is 13. The number of aryl methyl sites for hydroxylation is 1. The first-order chi connectivity index (χ1) is 16.5. The van der Waals surface area contributed by atoms with E-state index in [1.807, 2.05) is 19.2 Å². The Hall–Kier alpha value is -2.82. The fourth-order valence-electron chi connectivity index (χ4n) is 4.28. The number of carbonyl (C=O) groups excluding carboxylic acids is 2. The van der Waals surface area contributed by atoms with Gasteiger partial charge in [-0.1, -0.05) is 62.9 Å². The number of nitrogens with one attached hydrogen (secondary N) is 1. The fraction of sp³-hybridized carbons (Fsp3) is 0.517. The standard InChI is InChI=1S/C29H40N2O3/c1-4-5-6-7-8-18-30-29(33)31(2)26-11-9-10-24(21-26)27-16-14-23(15-17-28(32)34-3)20-25(27)19-22-12-13-22/h9-11,14,16,20-22H,4-8,12-13,15,17-19H2,1-3H3,(H,30,33). The first kappa shape index (κ1) is 25.8. The third-order valence-electron chi connectivity index (χ3n) is 6.63. The number of unbranched alkanes of at least 4 members (excludes halogenated alkanes) is 4. The summed E-state index contributed by atoms with van der Waals surface area (Å²) in [6.45, 7) is 2.92. The van der Waals surface area contributed by atoms with Gasteiger partial charge in [-0.15, -0.1) is 0 Å². The minimum absolute atomic E-state index is 0.0657. The maximum atomic E-state index is 12.7. The molecule has 1 N–H and O–H groups in total. The predicted octanol–water partition coefficient (Wildman–Crippen LogP) is 6.53. The van der Waals surface area contributed by atoms with E-state index in [4.69, 9.17) is 4.74 Å². The van der Waals surface area contributed by atoms with Gasteiger partial charge < -0.3 is 10.1 Å². The molecule has 0 heterocycles. The molecule has 0 aromatic heterocycles. The Kier molecular flexibility index (Phi) is 9.99. The number of ether oxygens (including phenoxy) is 1. The molecule has 0 atom stereocenters. The molecule has 34 heavy (non-hydrogen) atoms. The smallest absolute Gasteiger partial charge is 0.321 e. The normalized spacial score (nSPS) is 12.9. The van der Waals surface area contributed by atoms with Crippen molar-refractivity contribution in [3.8, 4) is 11.1 Å². The molecule has 0 unspecified atom stereocenters. The average Bonchev–Trinajstić information content (AvgIpc) is 3.68. The van der Waals surface area contributed by atoms with Gasteiger partial charge in [0.1, 0.15) is 0 Å². The van der Waals surface area contributed by atoms with Crippen molar-refractivity contribution in [1.82, 2.24) is 5.32 Å². The van der Waals surface area contributed by atoms with Crippen LogP contribution in [0.4, 0.5) is 10.5 Å². The quantitative estimate of drug-likeness (QED) is 0.271. The lowest BCUT2D eigenvalue weighted by molar-refractivity contribution is -0.140. The number of carbonyl (C=O) groups is 2. The summed E-state index contributed by atoms with van der Waals surface area (Å²) < 4.78 is 4.79. The van der Waals surface area contributed by atoms with Crippen LogP contribution in [-0.2, 0) is 22.4 Å². The van der Waals surface area contributed by atoms with E-state index in [0.29, 0.717) is 19.4 Å². The summed E-state index contributed by atoms with van der Waals surface area (Å²) in [6, 6.07) is 14.7. The highest BCUT2D eigenvalue weighted by molar-refractivity contribution is 5.92. The van der Waals surface area contributed by atoms with Crippen LogP contribution in [0.15, 0.2) is 42.5 Å². The van der Waals surface area contributed by atoms with E-state index < -0.39 is 0 Å². The molecule has 0 radical (unpaired) electrons. The zero-order chi connectivity index (χ0) is 24.3. The molecule has 5 nitrogen and oxygen atoms in total. The summed E-state index contributed by atoms with van der Waals surface area (Å²) in [5.74, 6) is 0.575. The highest BCUT2D eigenvalue weighted by Crippen LogP contribution is 2.37. The molecule has 2 aromatic rings. The molecule has 0 saturated heterocycles. The first-order valence-corrected chi connectivity index (χ1v) is 12.8. The van der Waals surface area contributed by atoms with E-state index >= 15 is 0 Å². The number of amides is 2. The molecule has 3 rings (SSSR count). The van der Waals surface area contributed by atoms with E-state index in [0.717, 1.165) is 42.0 Å². The topological polar surface area (TPSA) is 58.6 Å². The van der Waals surface area contributed by atoms with Crippen molar-refractivity contribution < 1.29 is 14.3 Å². The summed E-state index contributed by atoms with van der Waals surface area (Å²) >= 11 is 0. The molecule has 1 fully saturated rings. The minimum atomic E-state index is -0.178. The molecule has 184 valence electrons. The molecule has 0 bridgehead atoms. The summed E-state index contributed by atoms with van der Waals surface area (Å²) in [5.41, 5.74) is 5.69. The van der Waals surface area contributed by atoms with Gasteiger partial charge in [-0.25, -0.2) is 4.79 Å². The van der Waals surface area contributed by atoms with Crippen molar-refractivity contribution in [2.45, 2.75) is 71.1 Å². The van der Waals surface area contributed by atoms with Gasteiger partial charge in [-0.3, -0.25) is 9.69 Å². The Morgan fingerprint density at radius 2 is 1.85 bits per heavy atom. The molecule has 1 aliphatic carbocycles. The van der Waals surface area contributed by atoms with E-state index in [2.05, 4.69) is 42.6 Å². The van der Waals surface area contributed by atoms with Crippen LogP contribution in [0.5, 0.6) is 0 Å². The largest absolute Gasteiger partial charge is 0.469 e. The maximum absolute atomic E-state index is 12.7. The third kappa shape index (κ3) is 7.89. The Bertz CT molecular complexity index is 952. The fourth-order valence-corrected chi connectivity index (χ4v) is 4.28.